The highest BCUT2D eigenvalue weighted by atomic mass is 32.2. The van der Waals surface area contributed by atoms with Gasteiger partial charge in [-0.3, -0.25) is 4.90 Å². The molecule has 2 saturated heterocycles. The molecule has 0 aliphatic carbocycles. The second-order valence-corrected chi connectivity index (χ2v) is 7.68. The van der Waals surface area contributed by atoms with Gasteiger partial charge in [0.25, 0.3) is 0 Å². The number of urea groups is 1. The molecule has 1 unspecified atom stereocenters. The summed E-state index contributed by atoms with van der Waals surface area (Å²) in [5.74, 6) is 3.87. The minimum absolute atomic E-state index is 0.158. The van der Waals surface area contributed by atoms with E-state index in [0.717, 1.165) is 12.6 Å². The number of carbonyl (C=O) groups excluding carboxylic acids is 1. The summed E-state index contributed by atoms with van der Waals surface area (Å²) in [4.78, 5) is 14.8. The first-order valence-electron chi connectivity index (χ1n) is 8.76. The summed E-state index contributed by atoms with van der Waals surface area (Å²) in [6.45, 7) is 3.09. The van der Waals surface area contributed by atoms with Gasteiger partial charge in [-0.2, -0.15) is 11.8 Å². The quantitative estimate of drug-likeness (QED) is 0.858. The van der Waals surface area contributed by atoms with Crippen LogP contribution < -0.4 is 15.4 Å². The van der Waals surface area contributed by atoms with E-state index >= 15 is 0 Å². The van der Waals surface area contributed by atoms with Crippen LogP contribution in [0.15, 0.2) is 24.3 Å². The molecule has 0 bridgehead atoms. The molecule has 1 aromatic carbocycles. The third-order valence-electron chi connectivity index (χ3n) is 4.98. The van der Waals surface area contributed by atoms with Crippen LogP contribution in [-0.2, 0) is 0 Å². The summed E-state index contributed by atoms with van der Waals surface area (Å²) in [6.07, 6.45) is 3.70. The van der Waals surface area contributed by atoms with Gasteiger partial charge in [0.1, 0.15) is 5.75 Å². The molecule has 0 saturated carbocycles. The maximum absolute atomic E-state index is 12.1. The number of nitrogens with one attached hydrogen (secondary N) is 2. The lowest BCUT2D eigenvalue weighted by atomic mass is 9.95. The molecule has 132 valence electrons. The van der Waals surface area contributed by atoms with Gasteiger partial charge in [0, 0.05) is 18.3 Å². The first-order valence-corrected chi connectivity index (χ1v) is 9.91. The van der Waals surface area contributed by atoms with Gasteiger partial charge in [-0.25, -0.2) is 4.79 Å². The number of para-hydroxylation sites is 2. The van der Waals surface area contributed by atoms with E-state index in [1.54, 1.807) is 7.11 Å². The standard InChI is InChI=1S/C18H27N3O2S/c1-23-17-5-3-2-4-16(17)20-18(22)19-12-14-6-9-21(10-7-14)15-8-11-24-13-15/h2-5,14-15H,6-13H2,1H3,(H2,19,20,22). The molecule has 0 aromatic heterocycles. The van der Waals surface area contributed by atoms with E-state index in [-0.39, 0.29) is 6.03 Å². The van der Waals surface area contributed by atoms with Crippen LogP contribution in [0, 0.1) is 5.92 Å². The number of rotatable bonds is 5. The second kappa shape index (κ2) is 8.62. The number of methoxy groups -OCH3 is 1. The Morgan fingerprint density at radius 1 is 1.29 bits per heavy atom. The molecule has 2 fully saturated rings. The number of carbonyl (C=O) groups is 1. The summed E-state index contributed by atoms with van der Waals surface area (Å²) in [6, 6.07) is 8.09. The summed E-state index contributed by atoms with van der Waals surface area (Å²) in [5.41, 5.74) is 0.700. The van der Waals surface area contributed by atoms with Crippen molar-refractivity contribution in [3.8, 4) is 5.75 Å². The molecule has 5 nitrogen and oxygen atoms in total. The molecule has 2 aliphatic rings. The fourth-order valence-electron chi connectivity index (χ4n) is 3.48. The molecular formula is C18H27N3O2S. The van der Waals surface area contributed by atoms with Crippen molar-refractivity contribution in [3.05, 3.63) is 24.3 Å². The lowest BCUT2D eigenvalue weighted by Gasteiger charge is -2.35. The highest BCUT2D eigenvalue weighted by Crippen LogP contribution is 2.27. The predicted octanol–water partition coefficient (Wildman–Crippen LogP) is 3.03. The van der Waals surface area contributed by atoms with Gasteiger partial charge in [-0.05, 0) is 56.2 Å². The number of thioether (sulfide) groups is 1. The van der Waals surface area contributed by atoms with Crippen LogP contribution >= 0.6 is 11.8 Å². The van der Waals surface area contributed by atoms with Gasteiger partial charge in [0.15, 0.2) is 0 Å². The Bertz CT molecular complexity index is 541. The van der Waals surface area contributed by atoms with E-state index < -0.39 is 0 Å². The Morgan fingerprint density at radius 3 is 2.79 bits per heavy atom. The Hall–Kier alpha value is -1.40. The van der Waals surface area contributed by atoms with E-state index in [9.17, 15) is 4.79 Å². The highest BCUT2D eigenvalue weighted by molar-refractivity contribution is 7.99. The number of nitrogens with zero attached hydrogens (tertiary/aromatic N) is 1. The Kier molecular flexibility index (Phi) is 6.26. The smallest absolute Gasteiger partial charge is 0.319 e. The maximum atomic E-state index is 12.1. The van der Waals surface area contributed by atoms with Gasteiger partial charge >= 0.3 is 6.03 Å². The molecule has 0 radical (unpaired) electrons. The average Bonchev–Trinajstić information content (AvgIpc) is 3.15. The fraction of sp³-hybridized carbons (Fsp3) is 0.611. The van der Waals surface area contributed by atoms with E-state index in [0.29, 0.717) is 17.4 Å². The largest absolute Gasteiger partial charge is 0.495 e. The Labute approximate surface area is 148 Å². The van der Waals surface area contributed by atoms with Crippen molar-refractivity contribution in [3.63, 3.8) is 0 Å². The molecular weight excluding hydrogens is 322 g/mol. The lowest BCUT2D eigenvalue weighted by Crippen LogP contribution is -2.44. The van der Waals surface area contributed by atoms with Crippen LogP contribution in [0.2, 0.25) is 0 Å². The van der Waals surface area contributed by atoms with E-state index in [2.05, 4.69) is 27.3 Å². The van der Waals surface area contributed by atoms with Gasteiger partial charge in [0.05, 0.1) is 12.8 Å². The lowest BCUT2D eigenvalue weighted by molar-refractivity contribution is 0.143. The van der Waals surface area contributed by atoms with Gasteiger partial charge in [-0.15, -0.1) is 0 Å². The van der Waals surface area contributed by atoms with Crippen molar-refractivity contribution in [1.82, 2.24) is 10.2 Å². The van der Waals surface area contributed by atoms with E-state index in [1.807, 2.05) is 24.3 Å². The van der Waals surface area contributed by atoms with Crippen molar-refractivity contribution in [2.75, 3.05) is 43.6 Å². The first-order chi connectivity index (χ1) is 11.8. The molecule has 1 atom stereocenters. The molecule has 3 rings (SSSR count). The third-order valence-corrected chi connectivity index (χ3v) is 6.12. The zero-order chi connectivity index (χ0) is 16.8. The normalized spacial score (nSPS) is 22.3. The first kappa shape index (κ1) is 17.4. The minimum atomic E-state index is -0.158. The molecule has 1 aromatic rings. The van der Waals surface area contributed by atoms with Gasteiger partial charge < -0.3 is 15.4 Å². The van der Waals surface area contributed by atoms with Crippen molar-refractivity contribution < 1.29 is 9.53 Å². The summed E-state index contributed by atoms with van der Waals surface area (Å²) < 4.78 is 5.25. The van der Waals surface area contributed by atoms with Crippen LogP contribution in [0.3, 0.4) is 0 Å². The van der Waals surface area contributed by atoms with Crippen molar-refractivity contribution in [2.45, 2.75) is 25.3 Å². The number of anilines is 1. The topological polar surface area (TPSA) is 53.6 Å². The van der Waals surface area contributed by atoms with Crippen LogP contribution in [0.4, 0.5) is 10.5 Å². The summed E-state index contributed by atoms with van der Waals surface area (Å²) >= 11 is 2.08. The molecule has 0 spiro atoms. The summed E-state index contributed by atoms with van der Waals surface area (Å²) in [5, 5.41) is 5.87. The van der Waals surface area contributed by atoms with E-state index in [4.69, 9.17) is 4.74 Å². The van der Waals surface area contributed by atoms with Crippen molar-refractivity contribution in [1.29, 1.82) is 0 Å². The monoisotopic (exact) mass is 349 g/mol. The van der Waals surface area contributed by atoms with Crippen LogP contribution in [-0.4, -0.2) is 55.2 Å². The van der Waals surface area contributed by atoms with Crippen LogP contribution in [0.25, 0.3) is 0 Å². The highest BCUT2D eigenvalue weighted by Gasteiger charge is 2.27. The molecule has 2 heterocycles. The predicted molar refractivity (Wildman–Crippen MR) is 100 cm³/mol. The number of benzene rings is 1. The molecule has 2 N–H and O–H groups in total. The minimum Gasteiger partial charge on any atom is -0.495 e. The third kappa shape index (κ3) is 4.57. The Balaban J connectivity index is 1.39. The number of hydrogen-bond acceptors (Lipinski definition) is 4. The van der Waals surface area contributed by atoms with Crippen LogP contribution in [0.1, 0.15) is 19.3 Å². The number of piperidine rings is 1. The van der Waals surface area contributed by atoms with E-state index in [1.165, 1.54) is 43.9 Å². The van der Waals surface area contributed by atoms with Crippen molar-refractivity contribution >= 4 is 23.5 Å². The molecule has 2 amide bonds. The zero-order valence-electron chi connectivity index (χ0n) is 14.3. The Morgan fingerprint density at radius 2 is 2.08 bits per heavy atom. The van der Waals surface area contributed by atoms with Crippen molar-refractivity contribution in [2.24, 2.45) is 5.92 Å². The van der Waals surface area contributed by atoms with Crippen LogP contribution in [0.5, 0.6) is 5.75 Å². The summed E-state index contributed by atoms with van der Waals surface area (Å²) in [7, 11) is 1.61. The zero-order valence-corrected chi connectivity index (χ0v) is 15.1. The average molecular weight is 350 g/mol. The number of hydrogen-bond donors (Lipinski definition) is 2. The number of likely N-dealkylation sites (tertiary alicyclic amines) is 1. The number of ether oxygens (including phenoxy) is 1. The molecule has 6 heteroatoms. The van der Waals surface area contributed by atoms with Gasteiger partial charge in [-0.1, -0.05) is 12.1 Å². The second-order valence-electron chi connectivity index (χ2n) is 6.53. The fourth-order valence-corrected chi connectivity index (χ4v) is 4.74. The number of amides is 2. The SMILES string of the molecule is COc1ccccc1NC(=O)NCC1CCN(C2CCSC2)CC1. The maximum Gasteiger partial charge on any atom is 0.319 e. The van der Waals surface area contributed by atoms with Gasteiger partial charge in [0.2, 0.25) is 0 Å². The molecule has 2 aliphatic heterocycles. The molecule has 24 heavy (non-hydrogen) atoms.